The number of hydrogen-bond donors (Lipinski definition) is 6. The van der Waals surface area contributed by atoms with E-state index in [1.54, 1.807) is 12.1 Å². The summed E-state index contributed by atoms with van der Waals surface area (Å²) in [4.78, 5) is 21.7. The Morgan fingerprint density at radius 2 is 1.16 bits per heavy atom. The van der Waals surface area contributed by atoms with Crippen molar-refractivity contribution in [3.05, 3.63) is 66.2 Å². The molecule has 7 nitrogen and oxygen atoms in total. The fraction of sp³-hybridized carbons (Fsp3) is 0.294. The van der Waals surface area contributed by atoms with E-state index in [1.807, 2.05) is 48.5 Å². The Labute approximate surface area is 147 Å². The monoisotopic (exact) mass is 370 g/mol. The van der Waals surface area contributed by atoms with Gasteiger partial charge in [-0.3, -0.25) is 0 Å². The number of ether oxygens (including phenoxy) is 1. The maximum atomic E-state index is 9.69. The standard InChI is InChI=1S/C17H20O4.H3O3P/c18-11-17(12-19,13-20)16(14-7-3-1-4-8-14)21-15-9-5-2-6-10-15;1-4(2)3/h1-10,16,18-20H,11-13H2;1-3H. The molecule has 2 aromatic carbocycles. The molecule has 8 heteroatoms. The third-order valence-corrected chi connectivity index (χ3v) is 3.60. The van der Waals surface area contributed by atoms with Gasteiger partial charge in [0.15, 0.2) is 0 Å². The summed E-state index contributed by atoms with van der Waals surface area (Å²) < 4.78 is 5.96. The molecule has 0 aromatic heterocycles. The summed E-state index contributed by atoms with van der Waals surface area (Å²) in [6.45, 7) is -1.15. The van der Waals surface area contributed by atoms with Crippen molar-refractivity contribution in [1.29, 1.82) is 0 Å². The smallest absolute Gasteiger partial charge is 0.324 e. The second-order valence-corrected chi connectivity index (χ2v) is 5.86. The van der Waals surface area contributed by atoms with Crippen molar-refractivity contribution in [2.45, 2.75) is 6.10 Å². The minimum atomic E-state index is -2.62. The van der Waals surface area contributed by atoms with Gasteiger partial charge in [0, 0.05) is 0 Å². The first kappa shape index (κ1) is 21.5. The van der Waals surface area contributed by atoms with Gasteiger partial charge >= 0.3 is 8.60 Å². The van der Waals surface area contributed by atoms with Gasteiger partial charge in [0.05, 0.1) is 25.2 Å². The van der Waals surface area contributed by atoms with Crippen LogP contribution in [0.1, 0.15) is 11.7 Å². The molecule has 0 aliphatic rings. The summed E-state index contributed by atoms with van der Waals surface area (Å²) in [5, 5.41) is 29.1. The van der Waals surface area contributed by atoms with Crippen LogP contribution in [-0.4, -0.2) is 49.8 Å². The number of hydrogen-bond acceptors (Lipinski definition) is 7. The van der Waals surface area contributed by atoms with E-state index in [1.165, 1.54) is 0 Å². The molecule has 1 atom stereocenters. The molecule has 0 bridgehead atoms. The number of aliphatic hydroxyl groups excluding tert-OH is 3. The zero-order valence-electron chi connectivity index (χ0n) is 13.5. The van der Waals surface area contributed by atoms with E-state index in [4.69, 9.17) is 19.4 Å². The van der Waals surface area contributed by atoms with Gasteiger partial charge in [-0.2, -0.15) is 0 Å². The van der Waals surface area contributed by atoms with E-state index in [-0.39, 0.29) is 19.8 Å². The number of rotatable bonds is 7. The summed E-state index contributed by atoms with van der Waals surface area (Å²) in [6.07, 6.45) is -0.652. The number of aliphatic hydroxyl groups is 3. The van der Waals surface area contributed by atoms with Gasteiger partial charge in [-0.1, -0.05) is 48.5 Å². The fourth-order valence-corrected chi connectivity index (χ4v) is 2.21. The summed E-state index contributed by atoms with van der Waals surface area (Å²) >= 11 is 0. The highest BCUT2D eigenvalue weighted by atomic mass is 31.2. The zero-order chi connectivity index (χ0) is 18.7. The van der Waals surface area contributed by atoms with Crippen molar-refractivity contribution in [2.75, 3.05) is 19.8 Å². The summed E-state index contributed by atoms with van der Waals surface area (Å²) in [5.74, 6) is 0.617. The van der Waals surface area contributed by atoms with Gasteiger partial charge in [0.25, 0.3) is 0 Å². The van der Waals surface area contributed by atoms with Crippen molar-refractivity contribution in [3.8, 4) is 5.75 Å². The van der Waals surface area contributed by atoms with Crippen LogP contribution in [0.5, 0.6) is 5.75 Å². The summed E-state index contributed by atoms with van der Waals surface area (Å²) in [7, 11) is -2.62. The lowest BCUT2D eigenvalue weighted by Crippen LogP contribution is -2.42. The normalized spacial score (nSPS) is 12.3. The van der Waals surface area contributed by atoms with Gasteiger partial charge in [-0.25, -0.2) is 0 Å². The topological polar surface area (TPSA) is 131 Å². The van der Waals surface area contributed by atoms with Crippen molar-refractivity contribution in [1.82, 2.24) is 0 Å². The molecule has 0 saturated carbocycles. The van der Waals surface area contributed by atoms with Crippen LogP contribution in [0.4, 0.5) is 0 Å². The van der Waals surface area contributed by atoms with E-state index < -0.39 is 20.1 Å². The number of para-hydroxylation sites is 1. The minimum Gasteiger partial charge on any atom is -0.485 e. The van der Waals surface area contributed by atoms with E-state index >= 15 is 0 Å². The van der Waals surface area contributed by atoms with Crippen molar-refractivity contribution in [2.24, 2.45) is 5.41 Å². The quantitative estimate of drug-likeness (QED) is 0.400. The Bertz CT molecular complexity index is 565. The molecule has 2 aromatic rings. The van der Waals surface area contributed by atoms with Crippen LogP contribution in [0.15, 0.2) is 60.7 Å². The fourth-order valence-electron chi connectivity index (χ4n) is 2.21. The van der Waals surface area contributed by atoms with E-state index in [2.05, 4.69) is 0 Å². The van der Waals surface area contributed by atoms with Crippen LogP contribution in [0, 0.1) is 5.41 Å². The first-order valence-corrected chi connectivity index (χ1v) is 8.65. The van der Waals surface area contributed by atoms with Crippen molar-refractivity contribution < 1.29 is 34.7 Å². The lowest BCUT2D eigenvalue weighted by atomic mass is 9.80. The average Bonchev–Trinajstić information content (AvgIpc) is 2.64. The minimum absolute atomic E-state index is 0.383. The van der Waals surface area contributed by atoms with Gasteiger partial charge in [-0.05, 0) is 17.7 Å². The first-order valence-electron chi connectivity index (χ1n) is 7.45. The van der Waals surface area contributed by atoms with Crippen molar-refractivity contribution in [3.63, 3.8) is 0 Å². The molecule has 0 saturated heterocycles. The molecule has 0 radical (unpaired) electrons. The first-order chi connectivity index (χ1) is 12.0. The van der Waals surface area contributed by atoms with Crippen LogP contribution >= 0.6 is 8.60 Å². The van der Waals surface area contributed by atoms with Crippen molar-refractivity contribution >= 4 is 8.60 Å². The molecule has 2 rings (SSSR count). The molecule has 0 fully saturated rings. The maximum absolute atomic E-state index is 9.69. The summed E-state index contributed by atoms with van der Waals surface area (Å²) in [5.41, 5.74) is -0.365. The van der Waals surface area contributed by atoms with Crippen LogP contribution in [0.2, 0.25) is 0 Å². The molecule has 25 heavy (non-hydrogen) atoms. The largest absolute Gasteiger partial charge is 0.485 e. The molecule has 0 spiro atoms. The Kier molecular flexibility index (Phi) is 9.55. The highest BCUT2D eigenvalue weighted by molar-refractivity contribution is 7.38. The molecule has 1 unspecified atom stereocenters. The molecular weight excluding hydrogens is 347 g/mol. The molecular formula is C17H23O7P. The van der Waals surface area contributed by atoms with Gasteiger partial charge in [0.2, 0.25) is 0 Å². The van der Waals surface area contributed by atoms with E-state index in [0.29, 0.717) is 5.75 Å². The van der Waals surface area contributed by atoms with Crippen LogP contribution in [0.3, 0.4) is 0 Å². The highest BCUT2D eigenvalue weighted by Crippen LogP contribution is 2.37. The molecule has 0 heterocycles. The lowest BCUT2D eigenvalue weighted by molar-refractivity contribution is -0.0742. The third kappa shape index (κ3) is 6.68. The molecule has 0 amide bonds. The van der Waals surface area contributed by atoms with E-state index in [0.717, 1.165) is 5.56 Å². The Hall–Kier alpha value is -1.57. The maximum Gasteiger partial charge on any atom is 0.324 e. The predicted molar refractivity (Wildman–Crippen MR) is 93.5 cm³/mol. The highest BCUT2D eigenvalue weighted by Gasteiger charge is 2.40. The zero-order valence-corrected chi connectivity index (χ0v) is 14.4. The average molecular weight is 370 g/mol. The molecule has 0 aliphatic carbocycles. The van der Waals surface area contributed by atoms with Gasteiger partial charge in [0.1, 0.15) is 11.9 Å². The van der Waals surface area contributed by atoms with Gasteiger partial charge < -0.3 is 34.7 Å². The predicted octanol–water partition coefficient (Wildman–Crippen LogP) is 0.960. The second kappa shape index (κ2) is 11.1. The molecule has 0 aliphatic heterocycles. The Morgan fingerprint density at radius 3 is 1.56 bits per heavy atom. The Morgan fingerprint density at radius 1 is 0.760 bits per heavy atom. The summed E-state index contributed by atoms with van der Waals surface area (Å²) in [6, 6.07) is 18.4. The van der Waals surface area contributed by atoms with Gasteiger partial charge in [-0.15, -0.1) is 0 Å². The lowest BCUT2D eigenvalue weighted by Gasteiger charge is -2.36. The molecule has 138 valence electrons. The van der Waals surface area contributed by atoms with Crippen LogP contribution < -0.4 is 4.74 Å². The SMILES string of the molecule is OCC(CO)(CO)C(Oc1ccccc1)c1ccccc1.OP(O)O. The van der Waals surface area contributed by atoms with Crippen LogP contribution in [-0.2, 0) is 0 Å². The van der Waals surface area contributed by atoms with E-state index in [9.17, 15) is 15.3 Å². The second-order valence-electron chi connectivity index (χ2n) is 5.33. The third-order valence-electron chi connectivity index (χ3n) is 3.60. The van der Waals surface area contributed by atoms with Crippen LogP contribution in [0.25, 0.3) is 0 Å². The number of benzene rings is 2. The Balaban J connectivity index is 0.000000705. The molecule has 6 N–H and O–H groups in total.